The summed E-state index contributed by atoms with van der Waals surface area (Å²) in [6.07, 6.45) is 0.684. The molecule has 0 bridgehead atoms. The van der Waals surface area contributed by atoms with Crippen LogP contribution in [-0.4, -0.2) is 32.3 Å². The highest BCUT2D eigenvalue weighted by atomic mass is 16.5. The van der Waals surface area contributed by atoms with Crippen molar-refractivity contribution in [1.82, 2.24) is 5.32 Å². The normalized spacial score (nSPS) is 10.0. The fraction of sp³-hybridized carbons (Fsp3) is 0.263. The number of methoxy groups -OCH3 is 1. The molecule has 0 unspecified atom stereocenters. The van der Waals surface area contributed by atoms with Crippen molar-refractivity contribution >= 4 is 17.7 Å². The zero-order valence-corrected chi connectivity index (χ0v) is 14.4. The Labute approximate surface area is 147 Å². The van der Waals surface area contributed by atoms with Gasteiger partial charge in [-0.15, -0.1) is 0 Å². The summed E-state index contributed by atoms with van der Waals surface area (Å²) in [6.45, 7) is 3.02. The summed E-state index contributed by atoms with van der Waals surface area (Å²) in [5.41, 5.74) is 2.09. The topological polar surface area (TPSA) is 76.7 Å². The molecule has 0 saturated heterocycles. The molecule has 0 fully saturated rings. The first-order valence-corrected chi connectivity index (χ1v) is 8.01. The third kappa shape index (κ3) is 6.18. The average molecular weight is 342 g/mol. The number of nitrogens with one attached hydrogen (secondary N) is 2. The summed E-state index contributed by atoms with van der Waals surface area (Å²) in [6, 6.07) is 14.0. The van der Waals surface area contributed by atoms with E-state index in [1.807, 2.05) is 31.2 Å². The summed E-state index contributed by atoms with van der Waals surface area (Å²) in [5.74, 6) is 0.368. The zero-order chi connectivity index (χ0) is 18.1. The van der Waals surface area contributed by atoms with Crippen LogP contribution in [0.3, 0.4) is 0 Å². The lowest BCUT2D eigenvalue weighted by Gasteiger charge is -2.09. The van der Waals surface area contributed by atoms with E-state index in [2.05, 4.69) is 15.4 Å². The fourth-order valence-electron chi connectivity index (χ4n) is 2.12. The molecule has 0 aromatic heterocycles. The Morgan fingerprint density at radius 1 is 1.08 bits per heavy atom. The van der Waals surface area contributed by atoms with E-state index < -0.39 is 5.97 Å². The van der Waals surface area contributed by atoms with Gasteiger partial charge < -0.3 is 20.1 Å². The summed E-state index contributed by atoms with van der Waals surface area (Å²) < 4.78 is 10.2. The van der Waals surface area contributed by atoms with Crippen molar-refractivity contribution in [1.29, 1.82) is 0 Å². The van der Waals surface area contributed by atoms with Crippen molar-refractivity contribution in [2.45, 2.75) is 13.3 Å². The highest BCUT2D eigenvalue weighted by Gasteiger charge is 2.07. The molecule has 6 heteroatoms. The monoisotopic (exact) mass is 342 g/mol. The maximum atomic E-state index is 11.9. The third-order valence-electron chi connectivity index (χ3n) is 3.44. The Balaban J connectivity index is 1.68. The van der Waals surface area contributed by atoms with Gasteiger partial charge in [-0.3, -0.25) is 0 Å². The number of carbonyl (C=O) groups excluding carboxylic acids is 2. The lowest BCUT2D eigenvalue weighted by atomic mass is 10.2. The number of ether oxygens (including phenoxy) is 2. The zero-order valence-electron chi connectivity index (χ0n) is 14.4. The number of rotatable bonds is 7. The molecule has 0 aliphatic carbocycles. The van der Waals surface area contributed by atoms with Gasteiger partial charge in [0.2, 0.25) is 0 Å². The minimum Gasteiger partial charge on any atom is -0.494 e. The maximum Gasteiger partial charge on any atom is 0.337 e. The van der Waals surface area contributed by atoms with E-state index in [0.29, 0.717) is 30.8 Å². The first-order chi connectivity index (χ1) is 12.1. The number of hydrogen-bond donors (Lipinski definition) is 2. The molecule has 0 atom stereocenters. The Hall–Kier alpha value is -3.02. The third-order valence-corrected chi connectivity index (χ3v) is 3.44. The quantitative estimate of drug-likeness (QED) is 0.597. The number of urea groups is 1. The number of carbonyl (C=O) groups is 2. The second kappa shape index (κ2) is 9.32. The van der Waals surface area contributed by atoms with Crippen molar-refractivity contribution in [2.24, 2.45) is 0 Å². The summed E-state index contributed by atoms with van der Waals surface area (Å²) in [5, 5.41) is 5.42. The minimum absolute atomic E-state index is 0.336. The molecule has 2 rings (SSSR count). The Morgan fingerprint density at radius 3 is 2.56 bits per heavy atom. The molecule has 2 aromatic carbocycles. The number of amides is 2. The van der Waals surface area contributed by atoms with E-state index in [1.165, 1.54) is 12.7 Å². The largest absolute Gasteiger partial charge is 0.494 e. The van der Waals surface area contributed by atoms with Gasteiger partial charge in [-0.1, -0.05) is 23.8 Å². The molecule has 6 nitrogen and oxygen atoms in total. The summed E-state index contributed by atoms with van der Waals surface area (Å²) in [7, 11) is 1.31. The molecule has 132 valence electrons. The predicted octanol–water partition coefficient (Wildman–Crippen LogP) is 3.37. The number of benzene rings is 2. The Bertz CT molecular complexity index is 714. The van der Waals surface area contributed by atoms with E-state index in [1.54, 1.807) is 24.3 Å². The molecule has 2 amide bonds. The first kappa shape index (κ1) is 18.3. The molecule has 0 saturated carbocycles. The molecular weight excluding hydrogens is 320 g/mol. The van der Waals surface area contributed by atoms with Gasteiger partial charge in [-0.05, 0) is 43.7 Å². The van der Waals surface area contributed by atoms with Crippen LogP contribution < -0.4 is 15.4 Å². The fourth-order valence-corrected chi connectivity index (χ4v) is 2.12. The molecule has 2 N–H and O–H groups in total. The van der Waals surface area contributed by atoms with Gasteiger partial charge in [0.1, 0.15) is 5.75 Å². The smallest absolute Gasteiger partial charge is 0.337 e. The molecule has 0 heterocycles. The van der Waals surface area contributed by atoms with Crippen molar-refractivity contribution in [3.63, 3.8) is 0 Å². The second-order valence-electron chi connectivity index (χ2n) is 5.47. The molecule has 25 heavy (non-hydrogen) atoms. The van der Waals surface area contributed by atoms with E-state index >= 15 is 0 Å². The van der Waals surface area contributed by atoms with Crippen LogP contribution in [0.1, 0.15) is 22.3 Å². The van der Waals surface area contributed by atoms with Gasteiger partial charge in [0, 0.05) is 12.2 Å². The highest BCUT2D eigenvalue weighted by Crippen LogP contribution is 2.12. The second-order valence-corrected chi connectivity index (χ2v) is 5.47. The van der Waals surface area contributed by atoms with Crippen molar-refractivity contribution in [3.8, 4) is 5.75 Å². The van der Waals surface area contributed by atoms with E-state index in [-0.39, 0.29) is 6.03 Å². The Kier molecular flexibility index (Phi) is 6.83. The summed E-state index contributed by atoms with van der Waals surface area (Å²) >= 11 is 0. The summed E-state index contributed by atoms with van der Waals surface area (Å²) in [4.78, 5) is 23.3. The van der Waals surface area contributed by atoms with E-state index in [9.17, 15) is 9.59 Å². The van der Waals surface area contributed by atoms with Crippen LogP contribution in [0.25, 0.3) is 0 Å². The maximum absolute atomic E-state index is 11.9. The lowest BCUT2D eigenvalue weighted by molar-refractivity contribution is 0.0600. The van der Waals surface area contributed by atoms with Gasteiger partial charge in [-0.25, -0.2) is 9.59 Å². The molecule has 0 spiro atoms. The molecule has 0 radical (unpaired) electrons. The van der Waals surface area contributed by atoms with Crippen LogP contribution in [0.5, 0.6) is 5.75 Å². The predicted molar refractivity (Wildman–Crippen MR) is 96.1 cm³/mol. The first-order valence-electron chi connectivity index (χ1n) is 8.01. The van der Waals surface area contributed by atoms with Crippen LogP contribution in [0.15, 0.2) is 48.5 Å². The SMILES string of the molecule is COC(=O)c1cccc(NC(=O)NCCCOc2ccc(C)cc2)c1. The van der Waals surface area contributed by atoms with E-state index in [0.717, 1.165) is 5.75 Å². The van der Waals surface area contributed by atoms with Crippen molar-refractivity contribution < 1.29 is 19.1 Å². The molecule has 2 aromatic rings. The van der Waals surface area contributed by atoms with Gasteiger partial charge in [0.05, 0.1) is 19.3 Å². The Morgan fingerprint density at radius 2 is 1.84 bits per heavy atom. The number of anilines is 1. The number of aryl methyl sites for hydroxylation is 1. The van der Waals surface area contributed by atoms with Crippen molar-refractivity contribution in [3.05, 3.63) is 59.7 Å². The van der Waals surface area contributed by atoms with Crippen LogP contribution in [-0.2, 0) is 4.74 Å². The van der Waals surface area contributed by atoms with Crippen LogP contribution in [0.2, 0.25) is 0 Å². The molecule has 0 aliphatic rings. The van der Waals surface area contributed by atoms with Gasteiger partial charge in [-0.2, -0.15) is 0 Å². The standard InChI is InChI=1S/C19H22N2O4/c1-14-7-9-17(10-8-14)25-12-4-11-20-19(23)21-16-6-3-5-15(13-16)18(22)24-2/h3,5-10,13H,4,11-12H2,1-2H3,(H2,20,21,23). The highest BCUT2D eigenvalue weighted by molar-refractivity contribution is 5.93. The molecular formula is C19H22N2O4. The average Bonchev–Trinajstić information content (AvgIpc) is 2.62. The van der Waals surface area contributed by atoms with Crippen molar-refractivity contribution in [2.75, 3.05) is 25.6 Å². The minimum atomic E-state index is -0.447. The van der Waals surface area contributed by atoms with Crippen LogP contribution >= 0.6 is 0 Å². The lowest BCUT2D eigenvalue weighted by Crippen LogP contribution is -2.30. The van der Waals surface area contributed by atoms with Crippen LogP contribution in [0.4, 0.5) is 10.5 Å². The van der Waals surface area contributed by atoms with Gasteiger partial charge in [0.15, 0.2) is 0 Å². The molecule has 0 aliphatic heterocycles. The number of hydrogen-bond acceptors (Lipinski definition) is 4. The van der Waals surface area contributed by atoms with Gasteiger partial charge >= 0.3 is 12.0 Å². The van der Waals surface area contributed by atoms with Crippen LogP contribution in [0, 0.1) is 6.92 Å². The van der Waals surface area contributed by atoms with E-state index in [4.69, 9.17) is 4.74 Å². The van der Waals surface area contributed by atoms with Gasteiger partial charge in [0.25, 0.3) is 0 Å². The number of esters is 1.